The van der Waals surface area contributed by atoms with Crippen molar-refractivity contribution < 1.29 is 16.8 Å². The molecule has 10 heteroatoms. The van der Waals surface area contributed by atoms with Crippen LogP contribution in [-0.4, -0.2) is 46.1 Å². The molecule has 0 atom stereocenters. The van der Waals surface area contributed by atoms with Crippen LogP contribution in [0.25, 0.3) is 0 Å². The van der Waals surface area contributed by atoms with E-state index in [4.69, 9.17) is 0 Å². The van der Waals surface area contributed by atoms with Crippen LogP contribution >= 0.6 is 0 Å². The molecule has 1 aromatic rings. The zero-order valence-electron chi connectivity index (χ0n) is 9.39. The first kappa shape index (κ1) is 14.1. The second kappa shape index (κ2) is 5.12. The summed E-state index contributed by atoms with van der Waals surface area (Å²) in [5, 5.41) is -0.0469. The highest BCUT2D eigenvalue weighted by atomic mass is 32.2. The van der Waals surface area contributed by atoms with Gasteiger partial charge in [0.2, 0.25) is 10.0 Å². The van der Waals surface area contributed by atoms with Crippen molar-refractivity contribution >= 4 is 20.0 Å². The molecule has 0 saturated carbocycles. The van der Waals surface area contributed by atoms with E-state index >= 15 is 0 Å². The number of nitrogens with zero attached hydrogens (tertiary/aromatic N) is 1. The summed E-state index contributed by atoms with van der Waals surface area (Å²) in [5.41, 5.74) is 0. The van der Waals surface area contributed by atoms with E-state index in [1.54, 1.807) is 6.92 Å². The van der Waals surface area contributed by atoms with Crippen LogP contribution in [0.3, 0.4) is 0 Å². The summed E-state index contributed by atoms with van der Waals surface area (Å²) >= 11 is 0. The smallest absolute Gasteiger partial charge is 0.257 e. The fraction of sp³-hybridized carbons (Fsp3) is 0.571. The number of nitrogens with one attached hydrogen (secondary N) is 3. The lowest BCUT2D eigenvalue weighted by Crippen LogP contribution is -2.34. The van der Waals surface area contributed by atoms with Crippen molar-refractivity contribution in [1.29, 1.82) is 0 Å². The molecule has 0 saturated heterocycles. The van der Waals surface area contributed by atoms with Crippen molar-refractivity contribution in [3.63, 3.8) is 0 Å². The van der Waals surface area contributed by atoms with Crippen molar-refractivity contribution in [3.05, 3.63) is 12.0 Å². The number of aromatic nitrogens is 2. The quantitative estimate of drug-likeness (QED) is 0.551. The van der Waals surface area contributed by atoms with Gasteiger partial charge in [-0.3, -0.25) is 0 Å². The standard InChI is InChI=1S/C7H14N4O4S2/c1-6-8-5-7(11-6)17(14,15)10-4-3-9-16(2,12)13/h5,9-10H,3-4H2,1-2H3,(H,8,11). The fourth-order valence-corrected chi connectivity index (χ4v) is 2.51. The van der Waals surface area contributed by atoms with Crippen LogP contribution in [0.5, 0.6) is 0 Å². The van der Waals surface area contributed by atoms with Crippen molar-refractivity contribution in [2.45, 2.75) is 11.9 Å². The summed E-state index contributed by atoms with van der Waals surface area (Å²) in [6.45, 7) is 1.59. The molecule has 0 fully saturated rings. The van der Waals surface area contributed by atoms with E-state index in [1.807, 2.05) is 0 Å². The summed E-state index contributed by atoms with van der Waals surface area (Å²) in [6, 6.07) is 0. The second-order valence-electron chi connectivity index (χ2n) is 3.40. The third-order valence-corrected chi connectivity index (χ3v) is 3.85. The Hall–Kier alpha value is -0.970. The highest BCUT2D eigenvalue weighted by Gasteiger charge is 2.15. The molecular weight excluding hydrogens is 268 g/mol. The van der Waals surface area contributed by atoms with Crippen LogP contribution in [0, 0.1) is 6.92 Å². The predicted molar refractivity (Wildman–Crippen MR) is 61.4 cm³/mol. The van der Waals surface area contributed by atoms with Gasteiger partial charge >= 0.3 is 0 Å². The van der Waals surface area contributed by atoms with Crippen LogP contribution in [0.1, 0.15) is 5.82 Å². The lowest BCUT2D eigenvalue weighted by atomic mass is 10.7. The number of imidazole rings is 1. The minimum atomic E-state index is -3.66. The molecule has 0 aromatic carbocycles. The van der Waals surface area contributed by atoms with E-state index in [-0.39, 0.29) is 18.1 Å². The number of aryl methyl sites for hydroxylation is 1. The number of H-pyrrole nitrogens is 1. The molecule has 0 aliphatic heterocycles. The molecule has 0 radical (unpaired) electrons. The average molecular weight is 282 g/mol. The van der Waals surface area contributed by atoms with E-state index in [1.165, 1.54) is 6.20 Å². The summed E-state index contributed by atoms with van der Waals surface area (Å²) < 4.78 is 49.1. The highest BCUT2D eigenvalue weighted by molar-refractivity contribution is 7.89. The summed E-state index contributed by atoms with van der Waals surface area (Å²) in [6.07, 6.45) is 2.20. The van der Waals surface area contributed by atoms with Gasteiger partial charge in [-0.2, -0.15) is 0 Å². The van der Waals surface area contributed by atoms with Gasteiger partial charge in [-0.05, 0) is 6.92 Å². The van der Waals surface area contributed by atoms with Gasteiger partial charge in [-0.25, -0.2) is 31.3 Å². The van der Waals surface area contributed by atoms with Crippen LogP contribution in [0.15, 0.2) is 11.2 Å². The normalized spacial score (nSPS) is 12.8. The molecule has 0 aliphatic carbocycles. The molecule has 8 nitrogen and oxygen atoms in total. The fourth-order valence-electron chi connectivity index (χ4n) is 1.03. The molecule has 17 heavy (non-hydrogen) atoms. The Labute approximate surface area is 99.9 Å². The van der Waals surface area contributed by atoms with Crippen molar-refractivity contribution in [2.75, 3.05) is 19.3 Å². The largest absolute Gasteiger partial charge is 0.332 e. The molecule has 3 N–H and O–H groups in total. The molecule has 1 rings (SSSR count). The number of hydrogen-bond acceptors (Lipinski definition) is 5. The topological polar surface area (TPSA) is 121 Å². The summed E-state index contributed by atoms with van der Waals surface area (Å²) in [7, 11) is -6.97. The Balaban J connectivity index is 2.52. The lowest BCUT2D eigenvalue weighted by Gasteiger charge is -2.04. The maximum absolute atomic E-state index is 11.6. The highest BCUT2D eigenvalue weighted by Crippen LogP contribution is 2.03. The van der Waals surface area contributed by atoms with Crippen molar-refractivity contribution in [1.82, 2.24) is 19.4 Å². The number of hydrogen-bond donors (Lipinski definition) is 3. The monoisotopic (exact) mass is 282 g/mol. The van der Waals surface area contributed by atoms with E-state index in [0.717, 1.165) is 6.26 Å². The van der Waals surface area contributed by atoms with Crippen LogP contribution < -0.4 is 9.44 Å². The molecule has 98 valence electrons. The van der Waals surface area contributed by atoms with Gasteiger partial charge in [0.15, 0.2) is 5.03 Å². The molecule has 0 spiro atoms. The maximum Gasteiger partial charge on any atom is 0.257 e. The first-order valence-electron chi connectivity index (χ1n) is 4.66. The van der Waals surface area contributed by atoms with Gasteiger partial charge in [0.1, 0.15) is 5.82 Å². The predicted octanol–water partition coefficient (Wildman–Crippen LogP) is -1.45. The maximum atomic E-state index is 11.6. The van der Waals surface area contributed by atoms with E-state index in [9.17, 15) is 16.8 Å². The first-order valence-corrected chi connectivity index (χ1v) is 8.04. The Morgan fingerprint density at radius 1 is 1.24 bits per heavy atom. The Kier molecular flexibility index (Phi) is 4.25. The second-order valence-corrected chi connectivity index (χ2v) is 6.97. The van der Waals surface area contributed by atoms with Crippen LogP contribution in [0.2, 0.25) is 0 Å². The number of rotatable bonds is 6. The van der Waals surface area contributed by atoms with Gasteiger partial charge in [-0.1, -0.05) is 0 Å². The number of sulfonamides is 2. The van der Waals surface area contributed by atoms with Gasteiger partial charge in [0, 0.05) is 13.1 Å². The van der Waals surface area contributed by atoms with E-state index < -0.39 is 20.0 Å². The van der Waals surface area contributed by atoms with Gasteiger partial charge in [0.25, 0.3) is 10.0 Å². The third-order valence-electron chi connectivity index (χ3n) is 1.75. The van der Waals surface area contributed by atoms with Crippen molar-refractivity contribution in [3.8, 4) is 0 Å². The molecule has 1 heterocycles. The van der Waals surface area contributed by atoms with Crippen LogP contribution in [0.4, 0.5) is 0 Å². The minimum Gasteiger partial charge on any atom is -0.332 e. The minimum absolute atomic E-state index is 0.00875. The molecule has 0 aliphatic rings. The van der Waals surface area contributed by atoms with Crippen molar-refractivity contribution in [2.24, 2.45) is 0 Å². The molecular formula is C7H14N4O4S2. The summed E-state index contributed by atoms with van der Waals surface area (Å²) in [5.74, 6) is 0.486. The summed E-state index contributed by atoms with van der Waals surface area (Å²) in [4.78, 5) is 6.34. The van der Waals surface area contributed by atoms with E-state index in [2.05, 4.69) is 19.4 Å². The zero-order chi connectivity index (χ0) is 13.1. The average Bonchev–Trinajstić information content (AvgIpc) is 2.59. The van der Waals surface area contributed by atoms with E-state index in [0.29, 0.717) is 5.82 Å². The molecule has 0 amide bonds. The number of aromatic amines is 1. The first-order chi connectivity index (χ1) is 7.71. The third kappa shape index (κ3) is 4.81. The zero-order valence-corrected chi connectivity index (χ0v) is 11.0. The lowest BCUT2D eigenvalue weighted by molar-refractivity contribution is 0.571. The SMILES string of the molecule is Cc1ncc(S(=O)(=O)NCCNS(C)(=O)=O)[nH]1. The van der Waals surface area contributed by atoms with Gasteiger partial charge < -0.3 is 4.98 Å². The molecule has 1 aromatic heterocycles. The van der Waals surface area contributed by atoms with Gasteiger partial charge in [0.05, 0.1) is 12.5 Å². The molecule has 0 unspecified atom stereocenters. The molecule has 0 bridgehead atoms. The Morgan fingerprint density at radius 2 is 1.82 bits per heavy atom. The Morgan fingerprint density at radius 3 is 2.29 bits per heavy atom. The van der Waals surface area contributed by atoms with Gasteiger partial charge in [-0.15, -0.1) is 0 Å². The van der Waals surface area contributed by atoms with Crippen LogP contribution in [-0.2, 0) is 20.0 Å². The Bertz CT molecular complexity index is 575.